The summed E-state index contributed by atoms with van der Waals surface area (Å²) in [4.78, 5) is 0. The van der Waals surface area contributed by atoms with E-state index in [2.05, 4.69) is 38.9 Å². The van der Waals surface area contributed by atoms with Gasteiger partial charge in [0.15, 0.2) is 0 Å². The number of hydrogen-bond acceptors (Lipinski definition) is 1. The van der Waals surface area contributed by atoms with E-state index in [9.17, 15) is 0 Å². The Morgan fingerprint density at radius 1 is 1.62 bits per heavy atom. The Balaban J connectivity index is 2.29. The molecule has 1 aromatic rings. The maximum Gasteiger partial charge on any atom is 0.130 e. The van der Waals surface area contributed by atoms with Gasteiger partial charge in [0.05, 0.1) is 5.38 Å². The van der Waals surface area contributed by atoms with Crippen molar-refractivity contribution in [3.63, 3.8) is 0 Å². The lowest BCUT2D eigenvalue weighted by Gasteiger charge is -2.08. The van der Waals surface area contributed by atoms with Gasteiger partial charge in [-0.25, -0.2) is 0 Å². The molecule has 0 bridgehead atoms. The number of hydrogen-bond donors (Lipinski definition) is 1. The summed E-state index contributed by atoms with van der Waals surface area (Å²) in [6.45, 7) is 0. The number of nitrogens with zero attached hydrogens (tertiary/aromatic N) is 1. The summed E-state index contributed by atoms with van der Waals surface area (Å²) in [5.41, 5.74) is 2.36. The quantitative estimate of drug-likeness (QED) is 0.627. The summed E-state index contributed by atoms with van der Waals surface area (Å²) in [7, 11) is 0. The molecule has 1 unspecified atom stereocenters. The van der Waals surface area contributed by atoms with Gasteiger partial charge in [-0.05, 0) is 34.6 Å². The van der Waals surface area contributed by atoms with Gasteiger partial charge >= 0.3 is 0 Å². The number of H-pyrrole nitrogens is 1. The average molecular weight is 307 g/mol. The first kappa shape index (κ1) is 9.27. The Kier molecular flexibility index (Phi) is 2.74. The number of aromatic amines is 1. The van der Waals surface area contributed by atoms with Crippen LogP contribution in [0.15, 0.2) is 24.4 Å². The van der Waals surface area contributed by atoms with Gasteiger partial charge in [-0.15, -0.1) is 11.6 Å². The molecule has 4 heteroatoms. The Morgan fingerprint density at radius 3 is 3.00 bits per heavy atom. The minimum Gasteiger partial charge on any atom is -0.284 e. The molecular weight excluding hydrogens is 298 g/mol. The van der Waals surface area contributed by atoms with E-state index in [4.69, 9.17) is 11.6 Å². The number of halogens is 2. The zero-order chi connectivity index (χ0) is 9.26. The van der Waals surface area contributed by atoms with Crippen molar-refractivity contribution >= 4 is 39.8 Å². The molecule has 0 aromatic carbocycles. The highest BCUT2D eigenvalue weighted by molar-refractivity contribution is 14.1. The van der Waals surface area contributed by atoms with Crippen molar-refractivity contribution in [2.45, 2.75) is 11.8 Å². The molecule has 0 saturated heterocycles. The zero-order valence-corrected chi connectivity index (χ0v) is 9.71. The van der Waals surface area contributed by atoms with Gasteiger partial charge < -0.3 is 0 Å². The van der Waals surface area contributed by atoms with Crippen molar-refractivity contribution in [3.05, 3.63) is 33.7 Å². The Morgan fingerprint density at radius 2 is 2.46 bits per heavy atom. The van der Waals surface area contributed by atoms with Crippen LogP contribution >= 0.6 is 34.2 Å². The van der Waals surface area contributed by atoms with Crippen molar-refractivity contribution in [1.82, 2.24) is 10.2 Å². The fourth-order valence-electron chi connectivity index (χ4n) is 1.27. The van der Waals surface area contributed by atoms with Crippen LogP contribution < -0.4 is 0 Å². The summed E-state index contributed by atoms with van der Waals surface area (Å²) in [6.07, 6.45) is 9.01. The highest BCUT2D eigenvalue weighted by Gasteiger charge is 2.10. The first-order valence-electron chi connectivity index (χ1n) is 3.99. The fraction of sp³-hybridized carbons (Fsp3) is 0.222. The topological polar surface area (TPSA) is 28.7 Å². The lowest BCUT2D eigenvalue weighted by atomic mass is 10.0. The molecule has 0 spiro atoms. The molecule has 1 atom stereocenters. The summed E-state index contributed by atoms with van der Waals surface area (Å²) in [5, 5.41) is 7.05. The molecule has 68 valence electrons. The Labute approximate surface area is 95.2 Å². The number of nitrogens with one attached hydrogen (secondary N) is 1. The highest BCUT2D eigenvalue weighted by Crippen LogP contribution is 2.25. The Hall–Kier alpha value is -0.290. The minimum absolute atomic E-state index is 0.147. The molecule has 1 aliphatic rings. The maximum absolute atomic E-state index is 5.93. The second-order valence-electron chi connectivity index (χ2n) is 2.86. The van der Waals surface area contributed by atoms with E-state index in [0.29, 0.717) is 0 Å². The largest absolute Gasteiger partial charge is 0.284 e. The first-order chi connectivity index (χ1) is 6.27. The van der Waals surface area contributed by atoms with Gasteiger partial charge in [0.25, 0.3) is 0 Å². The van der Waals surface area contributed by atoms with E-state index >= 15 is 0 Å². The van der Waals surface area contributed by atoms with E-state index in [0.717, 1.165) is 15.7 Å². The summed E-state index contributed by atoms with van der Waals surface area (Å²) >= 11 is 8.14. The minimum atomic E-state index is 0.147. The van der Waals surface area contributed by atoms with Crippen LogP contribution in [0, 0.1) is 3.70 Å². The molecule has 13 heavy (non-hydrogen) atoms. The van der Waals surface area contributed by atoms with Crippen LogP contribution in [0.2, 0.25) is 0 Å². The van der Waals surface area contributed by atoms with E-state index in [1.54, 1.807) is 0 Å². The summed E-state index contributed by atoms with van der Waals surface area (Å²) in [6, 6.07) is 0. The molecule has 0 amide bonds. The van der Waals surface area contributed by atoms with Crippen LogP contribution in [-0.2, 0) is 0 Å². The molecule has 1 aliphatic carbocycles. The van der Waals surface area contributed by atoms with Gasteiger partial charge in [-0.2, -0.15) is 5.10 Å². The van der Waals surface area contributed by atoms with Crippen LogP contribution in [0.3, 0.4) is 0 Å². The zero-order valence-electron chi connectivity index (χ0n) is 6.80. The average Bonchev–Trinajstić information content (AvgIpc) is 2.53. The van der Waals surface area contributed by atoms with Gasteiger partial charge in [0.1, 0.15) is 3.70 Å². The molecule has 0 saturated carbocycles. The third kappa shape index (κ3) is 1.96. The number of allylic oxidation sites excluding steroid dienone is 4. The van der Waals surface area contributed by atoms with Crippen molar-refractivity contribution in [3.8, 4) is 0 Å². The molecule has 2 rings (SSSR count). The Bertz CT molecular complexity index is 367. The summed E-state index contributed by atoms with van der Waals surface area (Å²) < 4.78 is 1.00. The SMILES string of the molecule is ClC1C=CC(c2c[nH]nc2I)=CC1. The number of aromatic nitrogens is 2. The second-order valence-corrected chi connectivity index (χ2v) is 4.44. The number of alkyl halides is 1. The maximum atomic E-state index is 5.93. The van der Waals surface area contributed by atoms with Gasteiger partial charge in [-0.3, -0.25) is 5.10 Å². The van der Waals surface area contributed by atoms with Crippen molar-refractivity contribution in [2.24, 2.45) is 0 Å². The molecule has 0 fully saturated rings. The normalized spacial score (nSPS) is 21.7. The first-order valence-corrected chi connectivity index (χ1v) is 5.51. The summed E-state index contributed by atoms with van der Waals surface area (Å²) in [5.74, 6) is 0. The van der Waals surface area contributed by atoms with Gasteiger partial charge in [0.2, 0.25) is 0 Å². The van der Waals surface area contributed by atoms with Gasteiger partial charge in [-0.1, -0.05) is 18.2 Å². The van der Waals surface area contributed by atoms with E-state index in [1.165, 1.54) is 5.57 Å². The molecular formula is C9H8ClIN2. The van der Waals surface area contributed by atoms with Crippen LogP contribution in [0.5, 0.6) is 0 Å². The number of rotatable bonds is 1. The standard InChI is InChI=1S/C9H8ClIN2/c10-7-3-1-6(2-4-7)8-5-12-13-9(8)11/h1-3,5,7H,4H2,(H,12,13). The van der Waals surface area contributed by atoms with Crippen molar-refractivity contribution in [1.29, 1.82) is 0 Å². The van der Waals surface area contributed by atoms with Crippen LogP contribution in [0.25, 0.3) is 5.57 Å². The van der Waals surface area contributed by atoms with Crippen LogP contribution in [0.1, 0.15) is 12.0 Å². The van der Waals surface area contributed by atoms with E-state index in [-0.39, 0.29) is 5.38 Å². The third-order valence-electron chi connectivity index (χ3n) is 1.95. The van der Waals surface area contributed by atoms with Crippen LogP contribution in [-0.4, -0.2) is 15.6 Å². The third-order valence-corrected chi connectivity index (χ3v) is 3.10. The monoisotopic (exact) mass is 306 g/mol. The predicted molar refractivity (Wildman–Crippen MR) is 62.7 cm³/mol. The van der Waals surface area contributed by atoms with Crippen molar-refractivity contribution in [2.75, 3.05) is 0 Å². The predicted octanol–water partition coefficient (Wildman–Crippen LogP) is 2.97. The van der Waals surface area contributed by atoms with E-state index in [1.807, 2.05) is 18.3 Å². The van der Waals surface area contributed by atoms with Crippen molar-refractivity contribution < 1.29 is 0 Å². The lowest BCUT2D eigenvalue weighted by Crippen LogP contribution is -1.97. The molecule has 0 radical (unpaired) electrons. The molecule has 1 heterocycles. The highest BCUT2D eigenvalue weighted by atomic mass is 127. The molecule has 0 aliphatic heterocycles. The second kappa shape index (κ2) is 3.84. The van der Waals surface area contributed by atoms with Crippen LogP contribution in [0.4, 0.5) is 0 Å². The molecule has 2 nitrogen and oxygen atoms in total. The fourth-order valence-corrected chi connectivity index (χ4v) is 2.04. The molecule has 1 N–H and O–H groups in total. The smallest absolute Gasteiger partial charge is 0.130 e. The van der Waals surface area contributed by atoms with E-state index < -0.39 is 0 Å². The lowest BCUT2D eigenvalue weighted by molar-refractivity contribution is 1.05. The molecule has 1 aromatic heterocycles. The van der Waals surface area contributed by atoms with Gasteiger partial charge in [0, 0.05) is 11.8 Å².